The molecule has 19 heavy (non-hydrogen) atoms. The molecule has 0 aromatic heterocycles. The maximum Gasteiger partial charge on any atom is 0.159 e. The first-order chi connectivity index (χ1) is 9.08. The van der Waals surface area contributed by atoms with Crippen molar-refractivity contribution in [1.29, 1.82) is 0 Å². The second-order valence-electron chi connectivity index (χ2n) is 4.86. The van der Waals surface area contributed by atoms with Gasteiger partial charge in [0.2, 0.25) is 0 Å². The van der Waals surface area contributed by atoms with Gasteiger partial charge in [-0.25, -0.2) is 8.78 Å². The van der Waals surface area contributed by atoms with E-state index < -0.39 is 36.1 Å². The second kappa shape index (κ2) is 4.79. The minimum absolute atomic E-state index is 0.00467. The fourth-order valence-corrected chi connectivity index (χ4v) is 2.63. The zero-order valence-corrected chi connectivity index (χ0v) is 10.1. The van der Waals surface area contributed by atoms with Gasteiger partial charge in [0.1, 0.15) is 24.4 Å². The largest absolute Gasteiger partial charge is 0.388 e. The average molecular weight is 272 g/mol. The van der Waals surface area contributed by atoms with Gasteiger partial charge in [0.05, 0.1) is 13.2 Å². The molecular formula is C13H14F2O4. The van der Waals surface area contributed by atoms with Gasteiger partial charge in [-0.1, -0.05) is 0 Å². The molecule has 1 saturated heterocycles. The molecule has 6 heteroatoms. The fraction of sp³-hybridized carbons (Fsp3) is 0.538. The standard InChI is InChI=1S/C13H14F2O4/c14-8-3-6-1-2-18-12(7(6)4-9(8)15)13-11(17)10(16)5-19-13/h3-4,10-13,16-17H,1-2,5H2/t10?,11?,12-,13?/m1/s1. The number of aliphatic hydroxyl groups excluding tert-OH is 2. The maximum atomic E-state index is 13.4. The first kappa shape index (κ1) is 12.9. The van der Waals surface area contributed by atoms with E-state index in [-0.39, 0.29) is 6.61 Å². The molecular weight excluding hydrogens is 258 g/mol. The third-order valence-electron chi connectivity index (χ3n) is 3.65. The number of halogens is 2. The third kappa shape index (κ3) is 2.14. The highest BCUT2D eigenvalue weighted by Crippen LogP contribution is 2.36. The highest BCUT2D eigenvalue weighted by atomic mass is 19.2. The quantitative estimate of drug-likeness (QED) is 0.790. The molecule has 0 spiro atoms. The number of rotatable bonds is 1. The maximum absolute atomic E-state index is 13.4. The summed E-state index contributed by atoms with van der Waals surface area (Å²) >= 11 is 0. The van der Waals surface area contributed by atoms with Crippen LogP contribution in [0.5, 0.6) is 0 Å². The van der Waals surface area contributed by atoms with E-state index in [1.54, 1.807) is 0 Å². The van der Waals surface area contributed by atoms with Gasteiger partial charge in [-0.3, -0.25) is 0 Å². The molecule has 2 heterocycles. The Bertz CT molecular complexity index is 494. The lowest BCUT2D eigenvalue weighted by molar-refractivity contribution is -0.0904. The minimum atomic E-state index is -1.09. The Hall–Kier alpha value is -1.08. The predicted octanol–water partition coefficient (Wildman–Crippen LogP) is 0.699. The van der Waals surface area contributed by atoms with E-state index in [0.717, 1.165) is 12.1 Å². The van der Waals surface area contributed by atoms with Crippen LogP contribution in [0.15, 0.2) is 12.1 Å². The van der Waals surface area contributed by atoms with Crippen LogP contribution in [0, 0.1) is 11.6 Å². The molecule has 1 aromatic carbocycles. The van der Waals surface area contributed by atoms with Gasteiger partial charge < -0.3 is 19.7 Å². The summed E-state index contributed by atoms with van der Waals surface area (Å²) in [6.45, 7) is 0.343. The van der Waals surface area contributed by atoms with Crippen LogP contribution in [0.4, 0.5) is 8.78 Å². The molecule has 0 bridgehead atoms. The molecule has 4 nitrogen and oxygen atoms in total. The van der Waals surface area contributed by atoms with E-state index in [1.807, 2.05) is 0 Å². The molecule has 2 aliphatic rings. The lowest BCUT2D eigenvalue weighted by Gasteiger charge is -2.31. The van der Waals surface area contributed by atoms with Crippen LogP contribution in [-0.4, -0.2) is 41.7 Å². The Balaban J connectivity index is 1.96. The van der Waals surface area contributed by atoms with Crippen molar-refractivity contribution in [1.82, 2.24) is 0 Å². The van der Waals surface area contributed by atoms with Gasteiger partial charge in [-0.2, -0.15) is 0 Å². The molecule has 4 atom stereocenters. The number of fused-ring (bicyclic) bond motifs is 1. The fourth-order valence-electron chi connectivity index (χ4n) is 2.63. The third-order valence-corrected chi connectivity index (χ3v) is 3.65. The van der Waals surface area contributed by atoms with Crippen molar-refractivity contribution < 1.29 is 28.5 Å². The molecule has 3 rings (SSSR count). The Morgan fingerprint density at radius 1 is 1.11 bits per heavy atom. The summed E-state index contributed by atoms with van der Waals surface area (Å²) in [5.41, 5.74) is 1.12. The number of hydrogen-bond acceptors (Lipinski definition) is 4. The van der Waals surface area contributed by atoms with Crippen LogP contribution in [0.25, 0.3) is 0 Å². The molecule has 2 aliphatic heterocycles. The van der Waals surface area contributed by atoms with Gasteiger partial charge in [-0.05, 0) is 29.7 Å². The van der Waals surface area contributed by atoms with Crippen molar-refractivity contribution in [3.05, 3.63) is 34.9 Å². The van der Waals surface area contributed by atoms with E-state index in [4.69, 9.17) is 9.47 Å². The Labute approximate surface area is 108 Å². The topological polar surface area (TPSA) is 58.9 Å². The van der Waals surface area contributed by atoms with Gasteiger partial charge >= 0.3 is 0 Å². The van der Waals surface area contributed by atoms with E-state index in [2.05, 4.69) is 0 Å². The first-order valence-corrected chi connectivity index (χ1v) is 6.15. The summed E-state index contributed by atoms with van der Waals surface area (Å²) in [4.78, 5) is 0. The Morgan fingerprint density at radius 3 is 2.53 bits per heavy atom. The zero-order chi connectivity index (χ0) is 13.6. The van der Waals surface area contributed by atoms with Crippen molar-refractivity contribution >= 4 is 0 Å². The zero-order valence-electron chi connectivity index (χ0n) is 10.1. The summed E-state index contributed by atoms with van der Waals surface area (Å²) in [5.74, 6) is -1.85. The minimum Gasteiger partial charge on any atom is -0.388 e. The molecule has 0 aliphatic carbocycles. The first-order valence-electron chi connectivity index (χ1n) is 6.15. The monoisotopic (exact) mass is 272 g/mol. The average Bonchev–Trinajstić information content (AvgIpc) is 2.71. The van der Waals surface area contributed by atoms with E-state index in [9.17, 15) is 19.0 Å². The number of ether oxygens (including phenoxy) is 2. The van der Waals surface area contributed by atoms with Crippen LogP contribution in [0.2, 0.25) is 0 Å². The highest BCUT2D eigenvalue weighted by molar-refractivity contribution is 5.33. The van der Waals surface area contributed by atoms with Gasteiger partial charge in [-0.15, -0.1) is 0 Å². The second-order valence-corrected chi connectivity index (χ2v) is 4.86. The van der Waals surface area contributed by atoms with Crippen LogP contribution in [0.1, 0.15) is 17.2 Å². The van der Waals surface area contributed by atoms with Gasteiger partial charge in [0, 0.05) is 0 Å². The SMILES string of the molecule is OC1COC([C@@H]2OCCc3cc(F)c(F)cc32)C1O. The van der Waals surface area contributed by atoms with Crippen LogP contribution < -0.4 is 0 Å². The van der Waals surface area contributed by atoms with E-state index in [0.29, 0.717) is 24.2 Å². The Morgan fingerprint density at radius 2 is 1.84 bits per heavy atom. The van der Waals surface area contributed by atoms with Gasteiger partial charge in [0.25, 0.3) is 0 Å². The van der Waals surface area contributed by atoms with Crippen molar-refractivity contribution in [2.75, 3.05) is 13.2 Å². The molecule has 0 saturated carbocycles. The van der Waals surface area contributed by atoms with Crippen LogP contribution in [0.3, 0.4) is 0 Å². The number of hydrogen-bond donors (Lipinski definition) is 2. The summed E-state index contributed by atoms with van der Waals surface area (Å²) in [5, 5.41) is 19.3. The van der Waals surface area contributed by atoms with Crippen molar-refractivity contribution in [3.8, 4) is 0 Å². The lowest BCUT2D eigenvalue weighted by atomic mass is 9.92. The summed E-state index contributed by atoms with van der Waals surface area (Å²) in [6, 6.07) is 2.23. The molecule has 1 aromatic rings. The van der Waals surface area contributed by atoms with Crippen molar-refractivity contribution in [3.63, 3.8) is 0 Å². The summed E-state index contributed by atoms with van der Waals surface area (Å²) in [6.07, 6.45) is -3.05. The molecule has 0 radical (unpaired) electrons. The molecule has 104 valence electrons. The molecule has 0 amide bonds. The van der Waals surface area contributed by atoms with Gasteiger partial charge in [0.15, 0.2) is 11.6 Å². The van der Waals surface area contributed by atoms with Crippen LogP contribution in [-0.2, 0) is 15.9 Å². The lowest BCUT2D eigenvalue weighted by Crippen LogP contribution is -2.37. The molecule has 3 unspecified atom stereocenters. The normalized spacial score (nSPS) is 34.3. The summed E-state index contributed by atoms with van der Waals surface area (Å²) in [7, 11) is 0. The number of aliphatic hydroxyl groups is 2. The smallest absolute Gasteiger partial charge is 0.159 e. The van der Waals surface area contributed by atoms with E-state index in [1.165, 1.54) is 0 Å². The summed E-state index contributed by atoms with van der Waals surface area (Å²) < 4.78 is 37.4. The number of benzene rings is 1. The predicted molar refractivity (Wildman–Crippen MR) is 60.5 cm³/mol. The Kier molecular flexibility index (Phi) is 3.26. The molecule has 1 fully saturated rings. The molecule has 2 N–H and O–H groups in total. The van der Waals surface area contributed by atoms with Crippen LogP contribution >= 0.6 is 0 Å². The van der Waals surface area contributed by atoms with Crippen molar-refractivity contribution in [2.45, 2.75) is 30.8 Å². The van der Waals surface area contributed by atoms with E-state index >= 15 is 0 Å². The highest BCUT2D eigenvalue weighted by Gasteiger charge is 2.42. The van der Waals surface area contributed by atoms with Crippen molar-refractivity contribution in [2.24, 2.45) is 0 Å².